The van der Waals surface area contributed by atoms with Crippen molar-refractivity contribution in [3.05, 3.63) is 135 Å². The Morgan fingerprint density at radius 1 is 0.923 bits per heavy atom. The number of ether oxygens (including phenoxy) is 1. The van der Waals surface area contributed by atoms with Gasteiger partial charge in [0.1, 0.15) is 0 Å². The lowest BCUT2D eigenvalue weighted by atomic mass is 9.31. The Morgan fingerprint density at radius 3 is 2.51 bits per heavy atom. The van der Waals surface area contributed by atoms with Crippen LogP contribution in [0.3, 0.4) is 0 Å². The number of benzene rings is 2. The summed E-state index contributed by atoms with van der Waals surface area (Å²) in [5, 5.41) is 47.2. The molecule has 7 nitrogen and oxygen atoms in total. The number of hydrogen-bond donors (Lipinski definition) is 5. The maximum absolute atomic E-state index is 14.0. The highest BCUT2D eigenvalue weighted by atomic mass is 16.5. The lowest BCUT2D eigenvalue weighted by Crippen LogP contribution is -2.67. The van der Waals surface area contributed by atoms with Crippen molar-refractivity contribution in [2.24, 2.45) is 74.4 Å². The molecule has 2 spiro atoms. The Hall–Kier alpha value is -4.43. The van der Waals surface area contributed by atoms with E-state index in [1.807, 2.05) is 7.11 Å². The SMILES string of the molecule is C=C1CC[C@@H](C(=O)O)[C@H]2[C@H](O)C[C@@]3(C)C4=C(CC[C@]23C)[C@]23CC[C@H](O)[C@@]5(C)CC=C[C@@](C=C6C(=c7cccc(C[C@@H](CCCOC)C(C)C)c7=C[C@H]62)Cc2cccc(c2)C2=CC=C(NCCC[C@H]1C1CCCCC1)NC2)(C4)[C@@H]53. The molecule has 2 aromatic carbocycles. The van der Waals surface area contributed by atoms with Gasteiger partial charge in [0.2, 0.25) is 0 Å². The summed E-state index contributed by atoms with van der Waals surface area (Å²) in [6.07, 6.45) is 33.3. The molecular weight excluding hydrogens is 961 g/mol. The number of dihydropyridines is 1. The zero-order chi connectivity index (χ0) is 54.4. The van der Waals surface area contributed by atoms with Crippen LogP contribution in [0.15, 0.2) is 108 Å². The average molecular weight is 1060 g/mol. The standard InChI is InChI=1S/C71H94N2O5/c1-44(2)48(21-14-35-78-7)38-50-20-12-22-53-55(50)39-59-57-40-70-31-15-30-67(4)62(75)29-33-71(59,66(67)70)58-28-32-68(5)64(61(74)42-69(68,6)60(58)41-70)54(65(76)77)26-24-45(3)52(47-17-9-8-10-18-47)23-13-34-72-63-27-25-51(43-73-63)49-19-11-16-46(36-49)37-56(53)57/h11-12,15-16,19-20,22,25,27,31,36,39-40,44,47-48,52,54,59,61-62,64,66,72-75H,3,8-10,13-14,17-18,21,23-24,26,28-30,32-35,37-38,41-43H2,1-2,4-7H3,(H,76,77)/t48-,52-,54-,59-,61-,62+,64+,66-,67-,68-,69+,70-,71-/m1/s1. The van der Waals surface area contributed by atoms with E-state index in [-0.39, 0.29) is 34.0 Å². The first-order chi connectivity index (χ1) is 37.5. The maximum Gasteiger partial charge on any atom is 0.306 e. The highest BCUT2D eigenvalue weighted by Gasteiger charge is 2.74. The molecule has 78 heavy (non-hydrogen) atoms. The average Bonchev–Trinajstić information content (AvgIpc) is 3.08. The zero-order valence-corrected chi connectivity index (χ0v) is 48.4. The molecule has 0 saturated heterocycles. The first kappa shape index (κ1) is 54.2. The molecule has 14 bridgehead atoms. The van der Waals surface area contributed by atoms with Gasteiger partial charge < -0.3 is 30.7 Å². The highest BCUT2D eigenvalue weighted by Crippen LogP contribution is 2.80. The number of carboxylic acids is 1. The minimum Gasteiger partial charge on any atom is -0.481 e. The van der Waals surface area contributed by atoms with E-state index in [0.717, 1.165) is 103 Å². The van der Waals surface area contributed by atoms with Gasteiger partial charge in [0.05, 0.1) is 23.9 Å². The molecule has 16 rings (SSSR count). The van der Waals surface area contributed by atoms with Crippen LogP contribution in [0.1, 0.15) is 167 Å². The number of carbonyl (C=O) groups is 1. The van der Waals surface area contributed by atoms with Gasteiger partial charge in [0.25, 0.3) is 0 Å². The van der Waals surface area contributed by atoms with Gasteiger partial charge in [-0.25, -0.2) is 0 Å². The smallest absolute Gasteiger partial charge is 0.306 e. The molecule has 6 heterocycles. The van der Waals surface area contributed by atoms with E-state index in [4.69, 9.17) is 11.3 Å². The predicted octanol–water partition coefficient (Wildman–Crippen LogP) is 12.7. The fourth-order valence-corrected chi connectivity index (χ4v) is 20.1. The van der Waals surface area contributed by atoms with Gasteiger partial charge in [-0.15, -0.1) is 0 Å². The fraction of sp³-hybridized carbons (Fsp3) is 0.620. The third kappa shape index (κ3) is 8.69. The summed E-state index contributed by atoms with van der Waals surface area (Å²) in [5.74, 6) is 1.58. The van der Waals surface area contributed by atoms with Crippen LogP contribution in [-0.2, 0) is 22.4 Å². The second kappa shape index (κ2) is 20.8. The lowest BCUT2D eigenvalue weighted by Gasteiger charge is -2.72. The van der Waals surface area contributed by atoms with Crippen molar-refractivity contribution in [2.45, 2.75) is 175 Å². The molecule has 0 aromatic heterocycles. The molecule has 8 aliphatic carbocycles. The van der Waals surface area contributed by atoms with Gasteiger partial charge in [-0.05, 0) is 199 Å². The number of aliphatic carboxylic acids is 1. The molecule has 0 radical (unpaired) electrons. The molecule has 418 valence electrons. The lowest BCUT2D eigenvalue weighted by molar-refractivity contribution is -0.160. The Balaban J connectivity index is 1.05. The first-order valence-electron chi connectivity index (χ1n) is 31.3. The van der Waals surface area contributed by atoms with E-state index < -0.39 is 34.9 Å². The van der Waals surface area contributed by atoms with E-state index in [1.54, 1.807) is 5.57 Å². The third-order valence-electron chi connectivity index (χ3n) is 24.0. The van der Waals surface area contributed by atoms with Gasteiger partial charge in [-0.3, -0.25) is 4.79 Å². The van der Waals surface area contributed by atoms with Gasteiger partial charge in [0, 0.05) is 54.9 Å². The van der Waals surface area contributed by atoms with Gasteiger partial charge in [-0.1, -0.05) is 150 Å². The molecule has 13 atom stereocenters. The van der Waals surface area contributed by atoms with E-state index in [2.05, 4.69) is 124 Å². The number of allylic oxidation sites excluding steroid dienone is 9. The van der Waals surface area contributed by atoms with Crippen molar-refractivity contribution < 1.29 is 24.9 Å². The summed E-state index contributed by atoms with van der Waals surface area (Å²) in [7, 11) is 1.82. The topological polar surface area (TPSA) is 111 Å². The van der Waals surface area contributed by atoms with Crippen molar-refractivity contribution >= 4 is 23.2 Å². The molecule has 3 fully saturated rings. The number of fused-ring (bicyclic) bond motifs is 1. The van der Waals surface area contributed by atoms with Crippen LogP contribution >= 0.6 is 0 Å². The monoisotopic (exact) mass is 1050 g/mol. The highest BCUT2D eigenvalue weighted by molar-refractivity contribution is 5.78. The van der Waals surface area contributed by atoms with Crippen LogP contribution in [0.25, 0.3) is 17.2 Å². The van der Waals surface area contributed by atoms with Crippen molar-refractivity contribution in [2.75, 3.05) is 26.8 Å². The third-order valence-corrected chi connectivity index (χ3v) is 24.0. The minimum atomic E-state index is -0.759. The summed E-state index contributed by atoms with van der Waals surface area (Å²) in [5.41, 5.74) is 10.9. The van der Waals surface area contributed by atoms with Crippen molar-refractivity contribution in [3.63, 3.8) is 0 Å². The van der Waals surface area contributed by atoms with Crippen LogP contribution in [0, 0.1) is 74.4 Å². The predicted molar refractivity (Wildman–Crippen MR) is 316 cm³/mol. The summed E-state index contributed by atoms with van der Waals surface area (Å²) in [4.78, 5) is 14.0. The second-order valence-corrected chi connectivity index (χ2v) is 28.1. The fourth-order valence-electron chi connectivity index (χ4n) is 20.1. The summed E-state index contributed by atoms with van der Waals surface area (Å²) in [6.45, 7) is 19.3. The second-order valence-electron chi connectivity index (χ2n) is 28.1. The van der Waals surface area contributed by atoms with E-state index in [1.165, 1.54) is 87.1 Å². The number of nitrogens with one attached hydrogen (secondary N) is 2. The van der Waals surface area contributed by atoms with E-state index >= 15 is 0 Å². The molecular formula is C71H94N2O5. The zero-order valence-electron chi connectivity index (χ0n) is 48.4. The largest absolute Gasteiger partial charge is 0.481 e. The van der Waals surface area contributed by atoms with Gasteiger partial charge >= 0.3 is 5.97 Å². The molecule has 2 aromatic rings. The number of aliphatic hydroxyl groups is 2. The molecule has 0 unspecified atom stereocenters. The Kier molecular flexibility index (Phi) is 14.5. The van der Waals surface area contributed by atoms with E-state index in [0.29, 0.717) is 42.9 Å². The van der Waals surface area contributed by atoms with Gasteiger partial charge in [-0.2, -0.15) is 0 Å². The number of aliphatic hydroxyl groups excluding tert-OH is 2. The molecule has 0 amide bonds. The van der Waals surface area contributed by atoms with Crippen LogP contribution in [-0.4, -0.2) is 60.3 Å². The Labute approximate surface area is 467 Å². The molecule has 6 aliphatic heterocycles. The molecule has 14 aliphatic rings. The molecule has 3 saturated carbocycles. The van der Waals surface area contributed by atoms with Crippen LogP contribution in [0.4, 0.5) is 0 Å². The van der Waals surface area contributed by atoms with Crippen LogP contribution < -0.4 is 21.1 Å². The van der Waals surface area contributed by atoms with E-state index in [9.17, 15) is 20.1 Å². The summed E-state index contributed by atoms with van der Waals surface area (Å²) < 4.78 is 5.61. The van der Waals surface area contributed by atoms with Crippen LogP contribution in [0.5, 0.6) is 0 Å². The normalized spacial score (nSPS) is 37.7. The van der Waals surface area contributed by atoms with Crippen molar-refractivity contribution in [1.82, 2.24) is 10.6 Å². The Bertz CT molecular complexity index is 2990. The van der Waals surface area contributed by atoms with Gasteiger partial charge in [0.15, 0.2) is 0 Å². The number of hydrogen-bond acceptors (Lipinski definition) is 6. The summed E-state index contributed by atoms with van der Waals surface area (Å²) in [6, 6.07) is 16.6. The van der Waals surface area contributed by atoms with Crippen molar-refractivity contribution in [1.29, 1.82) is 0 Å². The number of rotatable bonds is 9. The van der Waals surface area contributed by atoms with Crippen molar-refractivity contribution in [3.8, 4) is 0 Å². The number of methoxy groups -OCH3 is 1. The number of carboxylic acid groups (broad SMARTS) is 1. The van der Waals surface area contributed by atoms with Crippen LogP contribution in [0.2, 0.25) is 0 Å². The molecule has 7 heteroatoms. The summed E-state index contributed by atoms with van der Waals surface area (Å²) >= 11 is 0. The molecule has 5 N–H and O–H groups in total. The quantitative estimate of drug-likeness (QED) is 0.126. The Morgan fingerprint density at radius 2 is 1.74 bits per heavy atom. The first-order valence-corrected chi connectivity index (χ1v) is 31.3. The maximum atomic E-state index is 14.0. The minimum absolute atomic E-state index is 0.0990.